The van der Waals surface area contributed by atoms with Crippen LogP contribution in [-0.4, -0.2) is 23.5 Å². The molecular formula is C13H16FNO2. The van der Waals surface area contributed by atoms with Crippen molar-refractivity contribution in [2.75, 3.05) is 6.61 Å². The second-order valence-electron chi connectivity index (χ2n) is 4.34. The van der Waals surface area contributed by atoms with E-state index in [4.69, 9.17) is 4.74 Å². The number of Topliss-reactive ketones (excluding diaryl/α,β-unsaturated/α-hetero) is 1. The molecule has 1 fully saturated rings. The Balaban J connectivity index is 1.77. The molecule has 92 valence electrons. The van der Waals surface area contributed by atoms with Crippen molar-refractivity contribution in [1.82, 2.24) is 4.98 Å². The van der Waals surface area contributed by atoms with Gasteiger partial charge in [-0.3, -0.25) is 9.78 Å². The maximum Gasteiger partial charge on any atom is 0.164 e. The number of hydrogen-bond acceptors (Lipinski definition) is 3. The average Bonchev–Trinajstić information content (AvgIpc) is 2.82. The lowest BCUT2D eigenvalue weighted by Crippen LogP contribution is -2.07. The fourth-order valence-corrected chi connectivity index (χ4v) is 2.07. The van der Waals surface area contributed by atoms with E-state index in [2.05, 4.69) is 4.98 Å². The molecule has 1 atom stereocenters. The van der Waals surface area contributed by atoms with Gasteiger partial charge in [-0.05, 0) is 31.7 Å². The van der Waals surface area contributed by atoms with Gasteiger partial charge in [0.1, 0.15) is 5.82 Å². The minimum absolute atomic E-state index is 0.0463. The normalized spacial score (nSPS) is 19.5. The molecule has 1 aliphatic heterocycles. The van der Waals surface area contributed by atoms with Crippen molar-refractivity contribution in [3.63, 3.8) is 0 Å². The van der Waals surface area contributed by atoms with Gasteiger partial charge in [-0.25, -0.2) is 4.39 Å². The lowest BCUT2D eigenvalue weighted by atomic mass is 10.0. The van der Waals surface area contributed by atoms with Gasteiger partial charge in [0.25, 0.3) is 0 Å². The van der Waals surface area contributed by atoms with Crippen LogP contribution in [0.2, 0.25) is 0 Å². The Morgan fingerprint density at radius 3 is 3.12 bits per heavy atom. The number of aromatic nitrogens is 1. The Kier molecular flexibility index (Phi) is 4.20. The summed E-state index contributed by atoms with van der Waals surface area (Å²) in [6.07, 6.45) is 7.18. The van der Waals surface area contributed by atoms with Crippen LogP contribution in [0.1, 0.15) is 42.5 Å². The molecule has 0 saturated carbocycles. The van der Waals surface area contributed by atoms with E-state index in [9.17, 15) is 9.18 Å². The van der Waals surface area contributed by atoms with E-state index in [1.165, 1.54) is 12.3 Å². The molecule has 1 unspecified atom stereocenters. The average molecular weight is 237 g/mol. The smallest absolute Gasteiger partial charge is 0.164 e. The molecule has 3 nitrogen and oxygen atoms in total. The zero-order chi connectivity index (χ0) is 12.1. The van der Waals surface area contributed by atoms with Gasteiger partial charge in [-0.15, -0.1) is 0 Å². The molecule has 1 aliphatic rings. The quantitative estimate of drug-likeness (QED) is 0.739. The summed E-state index contributed by atoms with van der Waals surface area (Å²) >= 11 is 0. The second kappa shape index (κ2) is 5.87. The minimum Gasteiger partial charge on any atom is -0.378 e. The van der Waals surface area contributed by atoms with E-state index in [0.29, 0.717) is 18.1 Å². The summed E-state index contributed by atoms with van der Waals surface area (Å²) in [6, 6.07) is 1.24. The molecule has 0 bridgehead atoms. The van der Waals surface area contributed by atoms with E-state index in [0.717, 1.165) is 38.5 Å². The summed E-state index contributed by atoms with van der Waals surface area (Å²) in [5.74, 6) is -0.509. The summed E-state index contributed by atoms with van der Waals surface area (Å²) in [7, 11) is 0. The molecule has 17 heavy (non-hydrogen) atoms. The monoisotopic (exact) mass is 237 g/mol. The third-order valence-electron chi connectivity index (χ3n) is 2.98. The number of carbonyl (C=O) groups excluding carboxylic acids is 1. The van der Waals surface area contributed by atoms with Crippen molar-refractivity contribution in [1.29, 1.82) is 0 Å². The van der Waals surface area contributed by atoms with Gasteiger partial charge in [0.05, 0.1) is 12.3 Å². The Morgan fingerprint density at radius 1 is 1.53 bits per heavy atom. The first-order chi connectivity index (χ1) is 8.25. The van der Waals surface area contributed by atoms with Crippen LogP contribution in [0.5, 0.6) is 0 Å². The zero-order valence-corrected chi connectivity index (χ0v) is 9.69. The van der Waals surface area contributed by atoms with Crippen LogP contribution in [0.25, 0.3) is 0 Å². The first-order valence-electron chi connectivity index (χ1n) is 6.01. The lowest BCUT2D eigenvalue weighted by molar-refractivity contribution is 0.0922. The SMILES string of the molecule is O=C(CCCC1CCCO1)c1cncc(F)c1. The van der Waals surface area contributed by atoms with E-state index >= 15 is 0 Å². The van der Waals surface area contributed by atoms with Crippen LogP contribution in [-0.2, 0) is 4.74 Å². The van der Waals surface area contributed by atoms with E-state index in [1.54, 1.807) is 0 Å². The van der Waals surface area contributed by atoms with Crippen molar-refractivity contribution in [2.24, 2.45) is 0 Å². The summed E-state index contributed by atoms with van der Waals surface area (Å²) in [6.45, 7) is 0.840. The molecule has 0 spiro atoms. The summed E-state index contributed by atoms with van der Waals surface area (Å²) in [4.78, 5) is 15.4. The molecule has 4 heteroatoms. The van der Waals surface area contributed by atoms with Crippen molar-refractivity contribution in [3.05, 3.63) is 29.8 Å². The number of rotatable bonds is 5. The highest BCUT2D eigenvalue weighted by Crippen LogP contribution is 2.18. The zero-order valence-electron chi connectivity index (χ0n) is 9.69. The van der Waals surface area contributed by atoms with Crippen LogP contribution in [0.15, 0.2) is 18.5 Å². The number of pyridine rings is 1. The third kappa shape index (κ3) is 3.60. The van der Waals surface area contributed by atoms with Gasteiger partial charge < -0.3 is 4.74 Å². The second-order valence-corrected chi connectivity index (χ2v) is 4.34. The summed E-state index contributed by atoms with van der Waals surface area (Å²) < 4.78 is 18.3. The molecule has 1 saturated heterocycles. The van der Waals surface area contributed by atoms with E-state index in [1.807, 2.05) is 0 Å². The topological polar surface area (TPSA) is 39.2 Å². The van der Waals surface area contributed by atoms with Gasteiger partial charge >= 0.3 is 0 Å². The largest absolute Gasteiger partial charge is 0.378 e. The number of hydrogen-bond donors (Lipinski definition) is 0. The van der Waals surface area contributed by atoms with Crippen LogP contribution in [0.4, 0.5) is 4.39 Å². The number of ketones is 1. The molecule has 1 aromatic heterocycles. The molecule has 0 radical (unpaired) electrons. The fourth-order valence-electron chi connectivity index (χ4n) is 2.07. The van der Waals surface area contributed by atoms with Gasteiger partial charge in [0.2, 0.25) is 0 Å². The molecule has 2 heterocycles. The molecular weight excluding hydrogens is 221 g/mol. The summed E-state index contributed by atoms with van der Waals surface area (Å²) in [5.41, 5.74) is 0.359. The molecule has 0 amide bonds. The molecule has 2 rings (SSSR count). The maximum absolute atomic E-state index is 12.9. The molecule has 0 N–H and O–H groups in total. The van der Waals surface area contributed by atoms with E-state index in [-0.39, 0.29) is 5.78 Å². The standard InChI is InChI=1S/C13H16FNO2/c14-11-7-10(8-15-9-11)13(16)5-1-3-12-4-2-6-17-12/h7-9,12H,1-6H2. The van der Waals surface area contributed by atoms with Crippen LogP contribution in [0.3, 0.4) is 0 Å². The van der Waals surface area contributed by atoms with Gasteiger partial charge in [-0.1, -0.05) is 0 Å². The molecule has 1 aromatic rings. The Hall–Kier alpha value is -1.29. The highest BCUT2D eigenvalue weighted by atomic mass is 19.1. The van der Waals surface area contributed by atoms with Crippen molar-refractivity contribution >= 4 is 5.78 Å². The Morgan fingerprint density at radius 2 is 2.41 bits per heavy atom. The van der Waals surface area contributed by atoms with Gasteiger partial charge in [0, 0.05) is 24.8 Å². The van der Waals surface area contributed by atoms with Gasteiger partial charge in [0.15, 0.2) is 5.78 Å². The van der Waals surface area contributed by atoms with E-state index < -0.39 is 5.82 Å². The third-order valence-corrected chi connectivity index (χ3v) is 2.98. The first-order valence-corrected chi connectivity index (χ1v) is 6.01. The van der Waals surface area contributed by atoms with Crippen LogP contribution >= 0.6 is 0 Å². The van der Waals surface area contributed by atoms with Crippen molar-refractivity contribution < 1.29 is 13.9 Å². The van der Waals surface area contributed by atoms with Crippen LogP contribution < -0.4 is 0 Å². The number of ether oxygens (including phenoxy) is 1. The summed E-state index contributed by atoms with van der Waals surface area (Å²) in [5, 5.41) is 0. The number of carbonyl (C=O) groups is 1. The van der Waals surface area contributed by atoms with Crippen LogP contribution in [0, 0.1) is 5.82 Å². The number of halogens is 1. The first kappa shape index (κ1) is 12.2. The van der Waals surface area contributed by atoms with Gasteiger partial charge in [-0.2, -0.15) is 0 Å². The maximum atomic E-state index is 12.9. The highest BCUT2D eigenvalue weighted by molar-refractivity contribution is 5.95. The fraction of sp³-hybridized carbons (Fsp3) is 0.538. The predicted octanol–water partition coefficient (Wildman–Crippen LogP) is 2.75. The predicted molar refractivity (Wildman–Crippen MR) is 61.4 cm³/mol. The van der Waals surface area contributed by atoms with Crippen molar-refractivity contribution in [3.8, 4) is 0 Å². The van der Waals surface area contributed by atoms with Crippen molar-refractivity contribution in [2.45, 2.75) is 38.2 Å². The lowest BCUT2D eigenvalue weighted by Gasteiger charge is -2.07. The molecule has 0 aliphatic carbocycles. The molecule has 0 aromatic carbocycles. The Bertz CT molecular complexity index is 389. The number of nitrogens with zero attached hydrogens (tertiary/aromatic N) is 1. The minimum atomic E-state index is -0.463. The highest BCUT2D eigenvalue weighted by Gasteiger charge is 2.15. The Labute approximate surface area is 100 Å².